The molecule has 0 spiro atoms. The molecule has 1 N–H and O–H groups in total. The van der Waals surface area contributed by atoms with Gasteiger partial charge in [-0.1, -0.05) is 25.5 Å². The van der Waals surface area contributed by atoms with Gasteiger partial charge in [-0.2, -0.15) is 4.31 Å². The molecule has 0 bridgehead atoms. The SMILES string of the molecule is CCCc1ccc(S(=O)(=O)N2CCN(CCCC(=O)O)CC2)cc1. The van der Waals surface area contributed by atoms with Gasteiger partial charge in [0.15, 0.2) is 0 Å². The number of nitrogens with zero attached hydrogens (tertiary/aromatic N) is 2. The molecule has 24 heavy (non-hydrogen) atoms. The Kier molecular flexibility index (Phi) is 6.77. The van der Waals surface area contributed by atoms with Crippen molar-refractivity contribution in [1.29, 1.82) is 0 Å². The van der Waals surface area contributed by atoms with Crippen LogP contribution in [0.15, 0.2) is 29.2 Å². The number of carboxylic acid groups (broad SMARTS) is 1. The molecule has 0 saturated carbocycles. The smallest absolute Gasteiger partial charge is 0.303 e. The van der Waals surface area contributed by atoms with Gasteiger partial charge in [-0.15, -0.1) is 0 Å². The van der Waals surface area contributed by atoms with Crippen LogP contribution >= 0.6 is 0 Å². The van der Waals surface area contributed by atoms with Crippen LogP contribution in [0.4, 0.5) is 0 Å². The van der Waals surface area contributed by atoms with Crippen LogP contribution in [0.2, 0.25) is 0 Å². The van der Waals surface area contributed by atoms with Crippen molar-refractivity contribution in [3.8, 4) is 0 Å². The maximum atomic E-state index is 12.7. The Labute approximate surface area is 144 Å². The van der Waals surface area contributed by atoms with Crippen molar-refractivity contribution in [3.05, 3.63) is 29.8 Å². The van der Waals surface area contributed by atoms with Crippen molar-refractivity contribution in [3.63, 3.8) is 0 Å². The molecule has 2 rings (SSSR count). The highest BCUT2D eigenvalue weighted by Gasteiger charge is 2.28. The molecule has 0 unspecified atom stereocenters. The number of hydrogen-bond acceptors (Lipinski definition) is 4. The normalized spacial score (nSPS) is 17.0. The molecule has 134 valence electrons. The minimum atomic E-state index is -3.44. The van der Waals surface area contributed by atoms with Crippen LogP contribution in [-0.4, -0.2) is 61.4 Å². The van der Waals surface area contributed by atoms with E-state index in [1.54, 1.807) is 12.1 Å². The summed E-state index contributed by atoms with van der Waals surface area (Å²) in [7, 11) is -3.44. The molecular weight excluding hydrogens is 328 g/mol. The highest BCUT2D eigenvalue weighted by atomic mass is 32.2. The molecule has 1 aliphatic heterocycles. The Morgan fingerprint density at radius 2 is 1.75 bits per heavy atom. The van der Waals surface area contributed by atoms with E-state index in [0.29, 0.717) is 44.0 Å². The maximum absolute atomic E-state index is 12.7. The van der Waals surface area contributed by atoms with Crippen LogP contribution in [0.25, 0.3) is 0 Å². The number of aryl methyl sites for hydroxylation is 1. The fraction of sp³-hybridized carbons (Fsp3) is 0.588. The quantitative estimate of drug-likeness (QED) is 0.770. The van der Waals surface area contributed by atoms with Crippen molar-refractivity contribution < 1.29 is 18.3 Å². The Hall–Kier alpha value is -1.44. The summed E-state index contributed by atoms with van der Waals surface area (Å²) in [6.45, 7) is 4.99. The van der Waals surface area contributed by atoms with Gasteiger partial charge < -0.3 is 10.0 Å². The van der Waals surface area contributed by atoms with Gasteiger partial charge in [-0.05, 0) is 37.1 Å². The molecule has 0 radical (unpaired) electrons. The molecule has 0 aromatic heterocycles. The average molecular weight is 354 g/mol. The maximum Gasteiger partial charge on any atom is 0.303 e. The molecule has 0 atom stereocenters. The first-order valence-corrected chi connectivity index (χ1v) is 9.90. The van der Waals surface area contributed by atoms with Crippen LogP contribution < -0.4 is 0 Å². The van der Waals surface area contributed by atoms with E-state index in [1.807, 2.05) is 12.1 Å². The zero-order valence-corrected chi connectivity index (χ0v) is 15.0. The number of hydrogen-bond donors (Lipinski definition) is 1. The average Bonchev–Trinajstić information content (AvgIpc) is 2.56. The van der Waals surface area contributed by atoms with E-state index in [-0.39, 0.29) is 6.42 Å². The van der Waals surface area contributed by atoms with E-state index in [0.717, 1.165) is 18.4 Å². The lowest BCUT2D eigenvalue weighted by molar-refractivity contribution is -0.137. The van der Waals surface area contributed by atoms with Crippen LogP contribution in [0, 0.1) is 0 Å². The second kappa shape index (κ2) is 8.60. The van der Waals surface area contributed by atoms with Gasteiger partial charge in [-0.3, -0.25) is 4.79 Å². The zero-order valence-electron chi connectivity index (χ0n) is 14.1. The Bertz CT molecular complexity index is 635. The molecule has 6 nitrogen and oxygen atoms in total. The summed E-state index contributed by atoms with van der Waals surface area (Å²) in [5.74, 6) is -0.789. The van der Waals surface area contributed by atoms with Gasteiger partial charge in [0, 0.05) is 32.6 Å². The van der Waals surface area contributed by atoms with Crippen molar-refractivity contribution >= 4 is 16.0 Å². The highest BCUT2D eigenvalue weighted by molar-refractivity contribution is 7.89. The summed E-state index contributed by atoms with van der Waals surface area (Å²) in [6, 6.07) is 7.16. The zero-order chi connectivity index (χ0) is 17.6. The summed E-state index contributed by atoms with van der Waals surface area (Å²) < 4.78 is 26.9. The minimum absolute atomic E-state index is 0.155. The summed E-state index contributed by atoms with van der Waals surface area (Å²) in [4.78, 5) is 13.0. The third kappa shape index (κ3) is 5.03. The summed E-state index contributed by atoms with van der Waals surface area (Å²) in [5.41, 5.74) is 1.15. The monoisotopic (exact) mass is 354 g/mol. The van der Waals surface area contributed by atoms with E-state index in [9.17, 15) is 13.2 Å². The number of carbonyl (C=O) groups is 1. The van der Waals surface area contributed by atoms with Crippen molar-refractivity contribution in [2.75, 3.05) is 32.7 Å². The van der Waals surface area contributed by atoms with Crippen molar-refractivity contribution in [2.45, 2.75) is 37.5 Å². The molecule has 1 fully saturated rings. The van der Waals surface area contributed by atoms with Crippen LogP contribution in [0.3, 0.4) is 0 Å². The summed E-state index contributed by atoms with van der Waals surface area (Å²) in [5, 5.41) is 8.66. The Morgan fingerprint density at radius 3 is 2.29 bits per heavy atom. The number of sulfonamides is 1. The van der Waals surface area contributed by atoms with E-state index >= 15 is 0 Å². The molecule has 0 amide bonds. The molecule has 0 aliphatic carbocycles. The largest absolute Gasteiger partial charge is 0.481 e. The number of rotatable bonds is 8. The molecule has 1 aromatic carbocycles. The molecule has 1 aromatic rings. The lowest BCUT2D eigenvalue weighted by Crippen LogP contribution is -2.48. The fourth-order valence-electron chi connectivity index (χ4n) is 2.91. The molecular formula is C17H26N2O4S. The van der Waals surface area contributed by atoms with Gasteiger partial charge >= 0.3 is 5.97 Å². The van der Waals surface area contributed by atoms with E-state index in [4.69, 9.17) is 5.11 Å². The van der Waals surface area contributed by atoms with E-state index in [2.05, 4.69) is 11.8 Å². The summed E-state index contributed by atoms with van der Waals surface area (Å²) >= 11 is 0. The molecule has 1 heterocycles. The van der Waals surface area contributed by atoms with E-state index < -0.39 is 16.0 Å². The van der Waals surface area contributed by atoms with Gasteiger partial charge in [0.2, 0.25) is 10.0 Å². The van der Waals surface area contributed by atoms with E-state index in [1.165, 1.54) is 4.31 Å². The van der Waals surface area contributed by atoms with Gasteiger partial charge in [-0.25, -0.2) is 8.42 Å². The highest BCUT2D eigenvalue weighted by Crippen LogP contribution is 2.19. The Morgan fingerprint density at radius 1 is 1.12 bits per heavy atom. The van der Waals surface area contributed by atoms with Crippen LogP contribution in [-0.2, 0) is 21.2 Å². The van der Waals surface area contributed by atoms with Gasteiger partial charge in [0.1, 0.15) is 0 Å². The standard InChI is InChI=1S/C17H26N2O4S/c1-2-4-15-6-8-16(9-7-15)24(22,23)19-13-11-18(12-14-19)10-3-5-17(20)21/h6-9H,2-5,10-14H2,1H3,(H,20,21). The number of aliphatic carboxylic acids is 1. The second-order valence-corrected chi connectivity index (χ2v) is 8.07. The van der Waals surface area contributed by atoms with Crippen LogP contribution in [0.5, 0.6) is 0 Å². The third-order valence-electron chi connectivity index (χ3n) is 4.30. The first-order valence-electron chi connectivity index (χ1n) is 8.46. The lowest BCUT2D eigenvalue weighted by atomic mass is 10.1. The van der Waals surface area contributed by atoms with Crippen LogP contribution in [0.1, 0.15) is 31.7 Å². The fourth-order valence-corrected chi connectivity index (χ4v) is 4.34. The first-order chi connectivity index (χ1) is 11.4. The first kappa shape index (κ1) is 18.9. The van der Waals surface area contributed by atoms with Crippen molar-refractivity contribution in [2.24, 2.45) is 0 Å². The van der Waals surface area contributed by atoms with Gasteiger partial charge in [0.05, 0.1) is 4.90 Å². The predicted molar refractivity (Wildman–Crippen MR) is 92.5 cm³/mol. The summed E-state index contributed by atoms with van der Waals surface area (Å²) in [6.07, 6.45) is 2.74. The topological polar surface area (TPSA) is 77.9 Å². The van der Waals surface area contributed by atoms with Crippen molar-refractivity contribution in [1.82, 2.24) is 9.21 Å². The van der Waals surface area contributed by atoms with Gasteiger partial charge in [0.25, 0.3) is 0 Å². The third-order valence-corrected chi connectivity index (χ3v) is 6.21. The minimum Gasteiger partial charge on any atom is -0.481 e. The number of carboxylic acids is 1. The second-order valence-electron chi connectivity index (χ2n) is 6.14. The predicted octanol–water partition coefficient (Wildman–Crippen LogP) is 1.81. The lowest BCUT2D eigenvalue weighted by Gasteiger charge is -2.33. The molecule has 1 saturated heterocycles. The molecule has 1 aliphatic rings. The number of piperazine rings is 1. The Balaban J connectivity index is 1.91. The number of benzene rings is 1. The molecule has 7 heteroatoms.